The summed E-state index contributed by atoms with van der Waals surface area (Å²) in [4.78, 5) is 2.44. The standard InChI is InChI=1S/C10H21NO2/c1-10(2,3)11-5-6-13-9(7-11)8-12-4/h9H,5-8H2,1-4H3. The van der Waals surface area contributed by atoms with Gasteiger partial charge in [-0.15, -0.1) is 0 Å². The second-order valence-corrected chi connectivity index (χ2v) is 4.56. The molecule has 0 bridgehead atoms. The minimum Gasteiger partial charge on any atom is -0.382 e. The van der Waals surface area contributed by atoms with E-state index in [0.717, 1.165) is 19.7 Å². The highest BCUT2D eigenvalue weighted by atomic mass is 16.5. The Morgan fingerprint density at radius 1 is 1.46 bits per heavy atom. The third-order valence-corrected chi connectivity index (χ3v) is 2.44. The number of hydrogen-bond acceptors (Lipinski definition) is 3. The SMILES string of the molecule is COCC1CN(C(C)(C)C)CCO1. The molecule has 1 saturated heterocycles. The van der Waals surface area contributed by atoms with Crippen LogP contribution in [0.4, 0.5) is 0 Å². The fourth-order valence-electron chi connectivity index (χ4n) is 1.62. The zero-order chi connectivity index (χ0) is 9.90. The summed E-state index contributed by atoms with van der Waals surface area (Å²) in [5, 5.41) is 0. The summed E-state index contributed by atoms with van der Waals surface area (Å²) in [6.07, 6.45) is 0.248. The first-order valence-corrected chi connectivity index (χ1v) is 4.89. The van der Waals surface area contributed by atoms with Gasteiger partial charge in [-0.3, -0.25) is 4.90 Å². The van der Waals surface area contributed by atoms with Gasteiger partial charge in [-0.2, -0.15) is 0 Å². The van der Waals surface area contributed by atoms with E-state index >= 15 is 0 Å². The molecule has 0 radical (unpaired) electrons. The Bertz CT molecular complexity index is 151. The van der Waals surface area contributed by atoms with Crippen LogP contribution >= 0.6 is 0 Å². The second-order valence-electron chi connectivity index (χ2n) is 4.56. The number of morpholine rings is 1. The summed E-state index contributed by atoms with van der Waals surface area (Å²) in [5.41, 5.74) is 0.246. The smallest absolute Gasteiger partial charge is 0.0935 e. The largest absolute Gasteiger partial charge is 0.382 e. The van der Waals surface area contributed by atoms with Crippen LogP contribution in [0.1, 0.15) is 20.8 Å². The molecule has 3 heteroatoms. The van der Waals surface area contributed by atoms with Crippen molar-refractivity contribution >= 4 is 0 Å². The normalized spacial score (nSPS) is 26.3. The van der Waals surface area contributed by atoms with Crippen molar-refractivity contribution in [2.45, 2.75) is 32.4 Å². The molecule has 0 aromatic carbocycles. The lowest BCUT2D eigenvalue weighted by Gasteiger charge is -2.41. The maximum atomic E-state index is 5.58. The van der Waals surface area contributed by atoms with Crippen molar-refractivity contribution in [1.29, 1.82) is 0 Å². The summed E-state index contributed by atoms with van der Waals surface area (Å²) in [6.45, 7) is 10.3. The molecule has 78 valence electrons. The molecular weight excluding hydrogens is 166 g/mol. The van der Waals surface area contributed by atoms with Gasteiger partial charge in [0.2, 0.25) is 0 Å². The first-order chi connectivity index (χ1) is 6.04. The highest BCUT2D eigenvalue weighted by Gasteiger charge is 2.27. The van der Waals surface area contributed by atoms with E-state index in [0.29, 0.717) is 6.61 Å². The molecular formula is C10H21NO2. The molecule has 1 aliphatic rings. The summed E-state index contributed by atoms with van der Waals surface area (Å²) >= 11 is 0. The lowest BCUT2D eigenvalue weighted by atomic mass is 10.0. The van der Waals surface area contributed by atoms with Crippen molar-refractivity contribution in [3.63, 3.8) is 0 Å². The Labute approximate surface area is 81.0 Å². The molecule has 0 aromatic heterocycles. The molecule has 1 aliphatic heterocycles. The summed E-state index contributed by atoms with van der Waals surface area (Å²) in [6, 6.07) is 0. The molecule has 0 saturated carbocycles. The van der Waals surface area contributed by atoms with Gasteiger partial charge in [0.05, 0.1) is 19.3 Å². The van der Waals surface area contributed by atoms with E-state index in [1.54, 1.807) is 7.11 Å². The zero-order valence-corrected chi connectivity index (χ0v) is 9.17. The van der Waals surface area contributed by atoms with Crippen molar-refractivity contribution in [2.24, 2.45) is 0 Å². The monoisotopic (exact) mass is 187 g/mol. The average Bonchev–Trinajstić information content (AvgIpc) is 2.04. The summed E-state index contributed by atoms with van der Waals surface area (Å²) in [7, 11) is 1.72. The quantitative estimate of drug-likeness (QED) is 0.647. The fraction of sp³-hybridized carbons (Fsp3) is 1.00. The molecule has 0 aromatic rings. The molecule has 1 rings (SSSR count). The molecule has 0 spiro atoms. The van der Waals surface area contributed by atoms with E-state index in [1.165, 1.54) is 0 Å². The van der Waals surface area contributed by atoms with Crippen LogP contribution < -0.4 is 0 Å². The van der Waals surface area contributed by atoms with Crippen LogP contribution in [-0.2, 0) is 9.47 Å². The fourth-order valence-corrected chi connectivity index (χ4v) is 1.62. The number of nitrogens with zero attached hydrogens (tertiary/aromatic N) is 1. The van der Waals surface area contributed by atoms with Crippen molar-refractivity contribution in [3.8, 4) is 0 Å². The van der Waals surface area contributed by atoms with Crippen LogP contribution in [0, 0.1) is 0 Å². The van der Waals surface area contributed by atoms with E-state index in [4.69, 9.17) is 9.47 Å². The molecule has 0 aliphatic carbocycles. The van der Waals surface area contributed by atoms with Crippen molar-refractivity contribution < 1.29 is 9.47 Å². The van der Waals surface area contributed by atoms with Crippen LogP contribution in [0.15, 0.2) is 0 Å². The van der Waals surface area contributed by atoms with Gasteiger partial charge in [0, 0.05) is 25.7 Å². The Balaban J connectivity index is 2.42. The van der Waals surface area contributed by atoms with Gasteiger partial charge in [0.15, 0.2) is 0 Å². The molecule has 1 fully saturated rings. The Hall–Kier alpha value is -0.120. The first kappa shape index (κ1) is 11.0. The maximum Gasteiger partial charge on any atom is 0.0935 e. The molecule has 1 atom stereocenters. The van der Waals surface area contributed by atoms with Crippen LogP contribution in [0.5, 0.6) is 0 Å². The van der Waals surface area contributed by atoms with Gasteiger partial charge in [-0.25, -0.2) is 0 Å². The van der Waals surface area contributed by atoms with E-state index < -0.39 is 0 Å². The lowest BCUT2D eigenvalue weighted by Crippen LogP contribution is -2.52. The molecule has 0 amide bonds. The highest BCUT2D eigenvalue weighted by Crippen LogP contribution is 2.17. The molecule has 0 N–H and O–H groups in total. The Kier molecular flexibility index (Phi) is 3.71. The number of ether oxygens (including phenoxy) is 2. The number of methoxy groups -OCH3 is 1. The van der Waals surface area contributed by atoms with Gasteiger partial charge in [-0.05, 0) is 20.8 Å². The number of hydrogen-bond donors (Lipinski definition) is 0. The van der Waals surface area contributed by atoms with Gasteiger partial charge in [-0.1, -0.05) is 0 Å². The second kappa shape index (κ2) is 4.40. The number of rotatable bonds is 2. The zero-order valence-electron chi connectivity index (χ0n) is 9.17. The van der Waals surface area contributed by atoms with Gasteiger partial charge in [0.1, 0.15) is 0 Å². The van der Waals surface area contributed by atoms with Gasteiger partial charge < -0.3 is 9.47 Å². The highest BCUT2D eigenvalue weighted by molar-refractivity contribution is 4.81. The average molecular weight is 187 g/mol. The van der Waals surface area contributed by atoms with Gasteiger partial charge in [0.25, 0.3) is 0 Å². The Morgan fingerprint density at radius 2 is 2.15 bits per heavy atom. The van der Waals surface area contributed by atoms with Crippen LogP contribution in [0.3, 0.4) is 0 Å². The van der Waals surface area contributed by atoms with E-state index in [2.05, 4.69) is 25.7 Å². The van der Waals surface area contributed by atoms with Crippen LogP contribution in [0.2, 0.25) is 0 Å². The van der Waals surface area contributed by atoms with Crippen molar-refractivity contribution in [2.75, 3.05) is 33.4 Å². The van der Waals surface area contributed by atoms with E-state index in [-0.39, 0.29) is 11.6 Å². The van der Waals surface area contributed by atoms with Crippen molar-refractivity contribution in [1.82, 2.24) is 4.90 Å². The third-order valence-electron chi connectivity index (χ3n) is 2.44. The maximum absolute atomic E-state index is 5.58. The van der Waals surface area contributed by atoms with Crippen LogP contribution in [-0.4, -0.2) is 50.0 Å². The Morgan fingerprint density at radius 3 is 2.69 bits per heavy atom. The minimum atomic E-state index is 0.246. The third kappa shape index (κ3) is 3.25. The first-order valence-electron chi connectivity index (χ1n) is 4.89. The van der Waals surface area contributed by atoms with Crippen molar-refractivity contribution in [3.05, 3.63) is 0 Å². The lowest BCUT2D eigenvalue weighted by molar-refractivity contribution is -0.0829. The topological polar surface area (TPSA) is 21.7 Å². The van der Waals surface area contributed by atoms with E-state index in [9.17, 15) is 0 Å². The summed E-state index contributed by atoms with van der Waals surface area (Å²) < 4.78 is 10.7. The molecule has 13 heavy (non-hydrogen) atoms. The molecule has 1 heterocycles. The molecule has 1 unspecified atom stereocenters. The summed E-state index contributed by atoms with van der Waals surface area (Å²) in [5.74, 6) is 0. The minimum absolute atomic E-state index is 0.246. The van der Waals surface area contributed by atoms with E-state index in [1.807, 2.05) is 0 Å². The predicted octanol–water partition coefficient (Wildman–Crippen LogP) is 1.13. The molecule has 3 nitrogen and oxygen atoms in total. The van der Waals surface area contributed by atoms with Crippen LogP contribution in [0.25, 0.3) is 0 Å². The van der Waals surface area contributed by atoms with Gasteiger partial charge >= 0.3 is 0 Å². The predicted molar refractivity (Wildman–Crippen MR) is 52.9 cm³/mol.